The van der Waals surface area contributed by atoms with Crippen LogP contribution in [-0.2, 0) is 21.7 Å². The molecule has 3 aromatic rings. The summed E-state index contributed by atoms with van der Waals surface area (Å²) in [6.45, 7) is 4.26. The highest BCUT2D eigenvalue weighted by atomic mass is 35.5. The minimum Gasteiger partial charge on any atom is -0.443 e. The van der Waals surface area contributed by atoms with E-state index in [4.69, 9.17) is 38.8 Å². The summed E-state index contributed by atoms with van der Waals surface area (Å²) in [6.07, 6.45) is 1.55. The maximum atomic E-state index is 14.2. The maximum absolute atomic E-state index is 14.2. The van der Waals surface area contributed by atoms with Crippen molar-refractivity contribution in [2.24, 2.45) is 16.3 Å². The zero-order valence-corrected chi connectivity index (χ0v) is 21.4. The molecule has 0 aliphatic carbocycles. The van der Waals surface area contributed by atoms with E-state index in [1.54, 1.807) is 6.07 Å². The molecule has 5 nitrogen and oxygen atoms in total. The van der Waals surface area contributed by atoms with Gasteiger partial charge < -0.3 is 10.5 Å². The van der Waals surface area contributed by atoms with Crippen molar-refractivity contribution in [2.45, 2.75) is 38.8 Å². The summed E-state index contributed by atoms with van der Waals surface area (Å²) in [7, 11) is 0. The SMILES string of the molecule is CC(C)(Cc1ccccc1Cl)C(=O)N1N=C(c2ccccc2Cl)OC1(CCCN)c1ccccc1. The molecule has 1 heterocycles. The number of nitrogens with zero attached hydrogens (tertiary/aromatic N) is 2. The zero-order valence-electron chi connectivity index (χ0n) is 19.9. The predicted molar refractivity (Wildman–Crippen MR) is 141 cm³/mol. The third-order valence-electron chi connectivity index (χ3n) is 6.21. The first-order valence-electron chi connectivity index (χ1n) is 11.6. The van der Waals surface area contributed by atoms with Gasteiger partial charge in [0.05, 0.1) is 10.6 Å². The van der Waals surface area contributed by atoms with E-state index < -0.39 is 11.1 Å². The Morgan fingerprint density at radius 1 is 0.971 bits per heavy atom. The van der Waals surface area contributed by atoms with Crippen molar-refractivity contribution in [3.8, 4) is 0 Å². The van der Waals surface area contributed by atoms with Gasteiger partial charge in [0, 0.05) is 22.4 Å². The van der Waals surface area contributed by atoms with Gasteiger partial charge in [0.2, 0.25) is 11.6 Å². The number of benzene rings is 3. The second kappa shape index (κ2) is 10.4. The number of nitrogens with two attached hydrogens (primary N) is 1. The fraction of sp³-hybridized carbons (Fsp3) is 0.286. The summed E-state index contributed by atoms with van der Waals surface area (Å²) in [6, 6.07) is 24.6. The molecule has 0 saturated carbocycles. The van der Waals surface area contributed by atoms with E-state index in [0.29, 0.717) is 47.3 Å². The minimum absolute atomic E-state index is 0.180. The molecule has 3 aromatic carbocycles. The summed E-state index contributed by atoms with van der Waals surface area (Å²) < 4.78 is 6.60. The number of hydrogen-bond acceptors (Lipinski definition) is 4. The lowest BCUT2D eigenvalue weighted by atomic mass is 9.83. The number of halogens is 2. The van der Waals surface area contributed by atoms with E-state index in [1.807, 2.05) is 86.6 Å². The fourth-order valence-electron chi connectivity index (χ4n) is 4.35. The fourth-order valence-corrected chi connectivity index (χ4v) is 4.77. The molecular weight excluding hydrogens is 481 g/mol. The van der Waals surface area contributed by atoms with Crippen LogP contribution in [0.3, 0.4) is 0 Å². The molecule has 7 heteroatoms. The average Bonchev–Trinajstić information content (AvgIpc) is 3.24. The molecule has 0 bridgehead atoms. The van der Waals surface area contributed by atoms with E-state index >= 15 is 0 Å². The molecule has 1 unspecified atom stereocenters. The van der Waals surface area contributed by atoms with Gasteiger partial charge in [-0.15, -0.1) is 5.10 Å². The Kier molecular flexibility index (Phi) is 7.50. The maximum Gasteiger partial charge on any atom is 0.252 e. The van der Waals surface area contributed by atoms with E-state index in [0.717, 1.165) is 11.1 Å². The lowest BCUT2D eigenvalue weighted by Gasteiger charge is -2.39. The highest BCUT2D eigenvalue weighted by Gasteiger charge is 2.52. The van der Waals surface area contributed by atoms with Crippen LogP contribution < -0.4 is 5.73 Å². The van der Waals surface area contributed by atoms with Gasteiger partial charge in [-0.3, -0.25) is 4.79 Å². The van der Waals surface area contributed by atoms with Gasteiger partial charge in [0.15, 0.2) is 0 Å². The topological polar surface area (TPSA) is 67.9 Å². The van der Waals surface area contributed by atoms with Crippen LogP contribution in [-0.4, -0.2) is 23.4 Å². The minimum atomic E-state index is -1.15. The molecule has 2 N–H and O–H groups in total. The number of rotatable bonds is 8. The normalized spacial score (nSPS) is 17.7. The van der Waals surface area contributed by atoms with Crippen molar-refractivity contribution in [1.29, 1.82) is 0 Å². The standard InChI is InChI=1S/C28H29Cl2N3O2/c1-27(2,19-20-11-6-8-15-23(20)29)26(34)33-28(17-10-18-31,21-12-4-3-5-13-21)35-25(32-33)22-14-7-9-16-24(22)30/h3-9,11-16H,10,17-19,31H2,1-2H3. The molecule has 0 spiro atoms. The number of hydrogen-bond donors (Lipinski definition) is 1. The molecule has 1 aliphatic rings. The van der Waals surface area contributed by atoms with Crippen molar-refractivity contribution in [2.75, 3.05) is 6.54 Å². The lowest BCUT2D eigenvalue weighted by Crippen LogP contribution is -2.50. The largest absolute Gasteiger partial charge is 0.443 e. The van der Waals surface area contributed by atoms with E-state index in [1.165, 1.54) is 5.01 Å². The Balaban J connectivity index is 1.81. The summed E-state index contributed by atoms with van der Waals surface area (Å²) in [5.41, 5.74) is 6.28. The summed E-state index contributed by atoms with van der Waals surface area (Å²) in [4.78, 5) is 14.2. The van der Waals surface area contributed by atoms with Crippen LogP contribution >= 0.6 is 23.2 Å². The summed E-state index contributed by atoms with van der Waals surface area (Å²) >= 11 is 12.9. The molecule has 1 atom stereocenters. The van der Waals surface area contributed by atoms with Gasteiger partial charge in [0.25, 0.3) is 5.91 Å². The first kappa shape index (κ1) is 25.2. The van der Waals surface area contributed by atoms with E-state index in [2.05, 4.69) is 0 Å². The number of carbonyl (C=O) groups is 1. The number of amides is 1. The Labute approximate surface area is 216 Å². The van der Waals surface area contributed by atoms with Gasteiger partial charge in [-0.25, -0.2) is 0 Å². The molecule has 0 radical (unpaired) electrons. The third-order valence-corrected chi connectivity index (χ3v) is 6.91. The predicted octanol–water partition coefficient (Wildman–Crippen LogP) is 6.37. The monoisotopic (exact) mass is 509 g/mol. The summed E-state index contributed by atoms with van der Waals surface area (Å²) in [5, 5.41) is 7.37. The second-order valence-electron chi connectivity index (χ2n) is 9.30. The molecular formula is C28H29Cl2N3O2. The Hall–Kier alpha value is -2.86. The molecule has 1 aliphatic heterocycles. The van der Waals surface area contributed by atoms with Crippen molar-refractivity contribution >= 4 is 35.0 Å². The second-order valence-corrected chi connectivity index (χ2v) is 10.1. The molecule has 0 fully saturated rings. The van der Waals surface area contributed by atoms with Crippen LogP contribution in [0.4, 0.5) is 0 Å². The Bertz CT molecular complexity index is 1230. The Morgan fingerprint density at radius 3 is 2.26 bits per heavy atom. The first-order valence-corrected chi connectivity index (χ1v) is 12.4. The summed E-state index contributed by atoms with van der Waals surface area (Å²) in [5.74, 6) is 0.124. The zero-order chi connectivity index (χ0) is 25.1. The van der Waals surface area contributed by atoms with Gasteiger partial charge in [-0.05, 0) is 43.1 Å². The number of ether oxygens (including phenoxy) is 1. The molecule has 182 valence electrons. The van der Waals surface area contributed by atoms with Crippen LogP contribution in [0, 0.1) is 5.41 Å². The molecule has 0 aromatic heterocycles. The first-order chi connectivity index (χ1) is 16.8. The van der Waals surface area contributed by atoms with Crippen LogP contribution in [0.1, 0.15) is 43.4 Å². The van der Waals surface area contributed by atoms with Crippen LogP contribution in [0.25, 0.3) is 0 Å². The molecule has 0 saturated heterocycles. The van der Waals surface area contributed by atoms with E-state index in [9.17, 15) is 4.79 Å². The highest BCUT2D eigenvalue weighted by Crippen LogP contribution is 2.44. The van der Waals surface area contributed by atoms with Crippen molar-refractivity contribution in [3.05, 3.63) is 106 Å². The van der Waals surface area contributed by atoms with Gasteiger partial charge >= 0.3 is 0 Å². The van der Waals surface area contributed by atoms with Crippen LogP contribution in [0.5, 0.6) is 0 Å². The van der Waals surface area contributed by atoms with Gasteiger partial charge in [-0.2, -0.15) is 5.01 Å². The third kappa shape index (κ3) is 5.08. The van der Waals surface area contributed by atoms with Crippen LogP contribution in [0.15, 0.2) is 84.0 Å². The molecule has 1 amide bonds. The van der Waals surface area contributed by atoms with E-state index in [-0.39, 0.29) is 5.91 Å². The van der Waals surface area contributed by atoms with Gasteiger partial charge in [-0.1, -0.05) is 97.7 Å². The molecule has 35 heavy (non-hydrogen) atoms. The highest BCUT2D eigenvalue weighted by molar-refractivity contribution is 6.34. The van der Waals surface area contributed by atoms with Crippen LogP contribution in [0.2, 0.25) is 10.0 Å². The number of carbonyl (C=O) groups excluding carboxylic acids is 1. The number of hydrazone groups is 1. The van der Waals surface area contributed by atoms with Crippen molar-refractivity contribution in [3.63, 3.8) is 0 Å². The Morgan fingerprint density at radius 2 is 1.60 bits per heavy atom. The smallest absolute Gasteiger partial charge is 0.252 e. The van der Waals surface area contributed by atoms with Crippen molar-refractivity contribution < 1.29 is 9.53 Å². The lowest BCUT2D eigenvalue weighted by molar-refractivity contribution is -0.162. The quantitative estimate of drug-likeness (QED) is 0.383. The molecule has 4 rings (SSSR count). The van der Waals surface area contributed by atoms with Gasteiger partial charge in [0.1, 0.15) is 0 Å². The average molecular weight is 510 g/mol. The van der Waals surface area contributed by atoms with Crippen molar-refractivity contribution in [1.82, 2.24) is 5.01 Å².